The van der Waals surface area contributed by atoms with Gasteiger partial charge in [-0.2, -0.15) is 0 Å². The fraction of sp³-hybridized carbons (Fsp3) is 0.556. The van der Waals surface area contributed by atoms with Gasteiger partial charge in [-0.25, -0.2) is 9.18 Å². The summed E-state index contributed by atoms with van der Waals surface area (Å²) in [6.45, 7) is 1.65. The van der Waals surface area contributed by atoms with Crippen molar-refractivity contribution in [1.29, 1.82) is 0 Å². The molecule has 0 aromatic carbocycles. The number of rotatable bonds is 4. The van der Waals surface area contributed by atoms with Crippen molar-refractivity contribution in [3.05, 3.63) is 11.8 Å². The molecule has 0 aromatic rings. The molecular formula is C9H12FNO3S. The Morgan fingerprint density at radius 3 is 2.73 bits per heavy atom. The number of nitrogens with one attached hydrogen (secondary N) is 1. The fourth-order valence-corrected chi connectivity index (χ4v) is 1.49. The van der Waals surface area contributed by atoms with Crippen LogP contribution in [-0.2, 0) is 9.59 Å². The van der Waals surface area contributed by atoms with Gasteiger partial charge in [0.15, 0.2) is 5.50 Å². The molecule has 6 heteroatoms. The SMILES string of the molecule is CC(C(=O)C1C=C(C(=O)O)NC1)C(F)S. The zero-order chi connectivity index (χ0) is 11.6. The first-order valence-electron chi connectivity index (χ1n) is 4.48. The second-order valence-electron chi connectivity index (χ2n) is 3.44. The Balaban J connectivity index is 2.68. The molecule has 0 aliphatic carbocycles. The molecule has 0 aromatic heterocycles. The number of halogens is 1. The average Bonchev–Trinajstić information content (AvgIpc) is 2.64. The number of ketones is 1. The van der Waals surface area contributed by atoms with Gasteiger partial charge in [-0.05, 0) is 6.08 Å². The molecule has 3 atom stereocenters. The van der Waals surface area contributed by atoms with Crippen molar-refractivity contribution in [2.24, 2.45) is 11.8 Å². The van der Waals surface area contributed by atoms with Crippen LogP contribution in [0.5, 0.6) is 0 Å². The molecule has 0 amide bonds. The zero-order valence-electron chi connectivity index (χ0n) is 8.11. The number of hydrogen-bond acceptors (Lipinski definition) is 4. The maximum absolute atomic E-state index is 12.7. The average molecular weight is 233 g/mol. The maximum Gasteiger partial charge on any atom is 0.351 e. The van der Waals surface area contributed by atoms with E-state index in [2.05, 4.69) is 17.9 Å². The highest BCUT2D eigenvalue weighted by Gasteiger charge is 2.31. The van der Waals surface area contributed by atoms with E-state index in [1.165, 1.54) is 13.0 Å². The lowest BCUT2D eigenvalue weighted by molar-refractivity contribution is -0.133. The predicted octanol–water partition coefficient (Wildman–Crippen LogP) is 0.605. The number of carbonyl (C=O) groups is 2. The summed E-state index contributed by atoms with van der Waals surface area (Å²) < 4.78 is 12.7. The lowest BCUT2D eigenvalue weighted by atomic mass is 9.95. The molecule has 1 rings (SSSR count). The minimum atomic E-state index is -1.51. The monoisotopic (exact) mass is 233 g/mol. The fourth-order valence-electron chi connectivity index (χ4n) is 1.34. The Kier molecular flexibility index (Phi) is 3.73. The van der Waals surface area contributed by atoms with Crippen LogP contribution in [0.15, 0.2) is 11.8 Å². The Labute approximate surface area is 92.0 Å². The third-order valence-corrected chi connectivity index (χ3v) is 2.78. The van der Waals surface area contributed by atoms with Gasteiger partial charge in [0.05, 0.1) is 11.8 Å². The molecular weight excluding hydrogens is 221 g/mol. The summed E-state index contributed by atoms with van der Waals surface area (Å²) in [5.74, 6) is -2.84. The van der Waals surface area contributed by atoms with E-state index in [9.17, 15) is 14.0 Å². The van der Waals surface area contributed by atoms with Gasteiger partial charge in [0.1, 0.15) is 11.5 Å². The lowest BCUT2D eigenvalue weighted by Gasteiger charge is -2.13. The van der Waals surface area contributed by atoms with Gasteiger partial charge >= 0.3 is 5.97 Å². The van der Waals surface area contributed by atoms with E-state index in [0.717, 1.165) is 0 Å². The summed E-state index contributed by atoms with van der Waals surface area (Å²) in [7, 11) is 0. The highest BCUT2D eigenvalue weighted by atomic mass is 32.1. The number of carboxylic acids is 1. The minimum Gasteiger partial charge on any atom is -0.477 e. The van der Waals surface area contributed by atoms with Crippen molar-refractivity contribution < 1.29 is 19.1 Å². The lowest BCUT2D eigenvalue weighted by Crippen LogP contribution is -2.28. The van der Waals surface area contributed by atoms with Crippen LogP contribution in [0.3, 0.4) is 0 Å². The van der Waals surface area contributed by atoms with Gasteiger partial charge in [-0.3, -0.25) is 4.79 Å². The maximum atomic E-state index is 12.7. The normalized spacial score (nSPS) is 23.9. The van der Waals surface area contributed by atoms with Crippen molar-refractivity contribution in [3.8, 4) is 0 Å². The van der Waals surface area contributed by atoms with E-state index in [4.69, 9.17) is 5.11 Å². The molecule has 15 heavy (non-hydrogen) atoms. The molecule has 0 spiro atoms. The van der Waals surface area contributed by atoms with Crippen molar-refractivity contribution in [2.75, 3.05) is 6.54 Å². The van der Waals surface area contributed by atoms with Crippen LogP contribution in [0.25, 0.3) is 0 Å². The van der Waals surface area contributed by atoms with E-state index in [1.54, 1.807) is 0 Å². The number of alkyl halides is 1. The largest absolute Gasteiger partial charge is 0.477 e. The molecule has 4 nitrogen and oxygen atoms in total. The predicted molar refractivity (Wildman–Crippen MR) is 55.3 cm³/mol. The molecule has 1 aliphatic heterocycles. The molecule has 0 radical (unpaired) electrons. The van der Waals surface area contributed by atoms with Crippen molar-refractivity contribution in [3.63, 3.8) is 0 Å². The van der Waals surface area contributed by atoms with Crippen LogP contribution in [-0.4, -0.2) is 28.9 Å². The number of thiol groups is 1. The highest BCUT2D eigenvalue weighted by Crippen LogP contribution is 2.20. The topological polar surface area (TPSA) is 66.4 Å². The Morgan fingerprint density at radius 1 is 1.73 bits per heavy atom. The standard InChI is InChI=1S/C9H12FNO3S/c1-4(8(10)15)7(12)5-2-6(9(13)14)11-3-5/h2,4-5,8,11,15H,3H2,1H3,(H,13,14). The number of carbonyl (C=O) groups excluding carboxylic acids is 1. The molecule has 0 saturated heterocycles. The van der Waals surface area contributed by atoms with Crippen LogP contribution in [0.4, 0.5) is 4.39 Å². The summed E-state index contributed by atoms with van der Waals surface area (Å²) in [6.07, 6.45) is 1.32. The third-order valence-electron chi connectivity index (χ3n) is 2.34. The molecule has 84 valence electrons. The smallest absolute Gasteiger partial charge is 0.351 e. The Morgan fingerprint density at radius 2 is 2.33 bits per heavy atom. The van der Waals surface area contributed by atoms with Crippen LogP contribution in [0, 0.1) is 11.8 Å². The van der Waals surface area contributed by atoms with Crippen molar-refractivity contribution in [1.82, 2.24) is 5.32 Å². The summed E-state index contributed by atoms with van der Waals surface area (Å²) in [5, 5.41) is 11.2. The van der Waals surface area contributed by atoms with Gasteiger partial charge in [-0.15, -0.1) is 12.6 Å². The molecule has 3 unspecified atom stereocenters. The summed E-state index contributed by atoms with van der Waals surface area (Å²) in [5.41, 5.74) is -1.52. The molecule has 1 aliphatic rings. The van der Waals surface area contributed by atoms with E-state index < -0.39 is 23.3 Å². The quantitative estimate of drug-likeness (QED) is 0.622. The first-order valence-corrected chi connectivity index (χ1v) is 5.00. The van der Waals surface area contributed by atoms with Crippen LogP contribution < -0.4 is 5.32 Å². The first-order chi connectivity index (χ1) is 6.93. The Bertz CT molecular complexity index is 316. The van der Waals surface area contributed by atoms with Gasteiger partial charge in [0, 0.05) is 6.54 Å². The van der Waals surface area contributed by atoms with Gasteiger partial charge < -0.3 is 10.4 Å². The number of aliphatic carboxylic acids is 1. The second-order valence-corrected chi connectivity index (χ2v) is 3.93. The molecule has 2 N–H and O–H groups in total. The van der Waals surface area contributed by atoms with E-state index in [-0.39, 0.29) is 18.0 Å². The van der Waals surface area contributed by atoms with Crippen molar-refractivity contribution >= 4 is 24.4 Å². The van der Waals surface area contributed by atoms with Crippen LogP contribution in [0.2, 0.25) is 0 Å². The van der Waals surface area contributed by atoms with E-state index in [0.29, 0.717) is 0 Å². The minimum absolute atomic E-state index is 0.00452. The molecule has 1 heterocycles. The first kappa shape index (κ1) is 12.0. The van der Waals surface area contributed by atoms with Gasteiger partial charge in [0.2, 0.25) is 0 Å². The zero-order valence-corrected chi connectivity index (χ0v) is 9.00. The van der Waals surface area contributed by atoms with E-state index >= 15 is 0 Å². The second kappa shape index (κ2) is 4.65. The number of carboxylic acid groups (broad SMARTS) is 1. The molecule has 0 saturated carbocycles. The molecule has 0 fully saturated rings. The van der Waals surface area contributed by atoms with Crippen molar-refractivity contribution in [2.45, 2.75) is 12.4 Å². The Hall–Kier alpha value is -1.04. The summed E-state index contributed by atoms with van der Waals surface area (Å²) in [4.78, 5) is 22.1. The summed E-state index contributed by atoms with van der Waals surface area (Å²) >= 11 is 3.54. The van der Waals surface area contributed by atoms with Gasteiger partial charge in [0.25, 0.3) is 0 Å². The van der Waals surface area contributed by atoms with Crippen LogP contribution >= 0.6 is 12.6 Å². The number of hydrogen-bond donors (Lipinski definition) is 3. The third kappa shape index (κ3) is 2.71. The van der Waals surface area contributed by atoms with E-state index in [1.807, 2.05) is 0 Å². The molecule has 0 bridgehead atoms. The summed E-state index contributed by atoms with van der Waals surface area (Å²) in [6, 6.07) is 0. The highest BCUT2D eigenvalue weighted by molar-refractivity contribution is 7.80. The van der Waals surface area contributed by atoms with Crippen LogP contribution in [0.1, 0.15) is 6.92 Å². The van der Waals surface area contributed by atoms with Gasteiger partial charge in [-0.1, -0.05) is 6.92 Å². The number of Topliss-reactive ketones (excluding diaryl/α,β-unsaturated/α-hetero) is 1.